The van der Waals surface area contributed by atoms with Crippen LogP contribution in [0, 0.1) is 5.41 Å². The largest absolute Gasteiger partial charge is 0.497 e. The average Bonchev–Trinajstić information content (AvgIpc) is 2.86. The number of nitrogens with zero attached hydrogens (tertiary/aromatic N) is 1. The van der Waals surface area contributed by atoms with Gasteiger partial charge in [-0.3, -0.25) is 9.36 Å². The molecule has 1 unspecified atom stereocenters. The van der Waals surface area contributed by atoms with Crippen LogP contribution in [0.3, 0.4) is 0 Å². The topological polar surface area (TPSA) is 77.1 Å². The summed E-state index contributed by atoms with van der Waals surface area (Å²) in [5, 5.41) is 2.69. The number of methoxy groups -OCH3 is 2. The molecule has 0 saturated carbocycles. The molecule has 37 heavy (non-hydrogen) atoms. The molecule has 0 aromatic heterocycles. The normalized spacial score (nSPS) is 17.2. The molecule has 1 aliphatic rings. The highest BCUT2D eigenvalue weighted by atomic mass is 31.2. The molecule has 204 valence electrons. The summed E-state index contributed by atoms with van der Waals surface area (Å²) in [6.45, 7) is 13.9. The number of piperidine rings is 1. The van der Waals surface area contributed by atoms with Gasteiger partial charge in [-0.05, 0) is 74.4 Å². The molecule has 1 saturated heterocycles. The van der Waals surface area contributed by atoms with E-state index < -0.39 is 12.7 Å². The van der Waals surface area contributed by atoms with Gasteiger partial charge in [0, 0.05) is 30.8 Å². The van der Waals surface area contributed by atoms with E-state index in [4.69, 9.17) is 14.0 Å². The summed E-state index contributed by atoms with van der Waals surface area (Å²) in [6.07, 6.45) is 1.44. The summed E-state index contributed by atoms with van der Waals surface area (Å²) in [6, 6.07) is 13.2. The van der Waals surface area contributed by atoms with Crippen molar-refractivity contribution in [3.05, 3.63) is 48.0 Å². The number of ether oxygens (including phenoxy) is 2. The fourth-order valence-corrected chi connectivity index (χ4v) is 7.06. The minimum absolute atomic E-state index is 0.0142. The van der Waals surface area contributed by atoms with Gasteiger partial charge in [-0.2, -0.15) is 0 Å². The van der Waals surface area contributed by atoms with Crippen LogP contribution in [-0.4, -0.2) is 55.7 Å². The van der Waals surface area contributed by atoms with Gasteiger partial charge in [0.2, 0.25) is 0 Å². The van der Waals surface area contributed by atoms with Crippen LogP contribution in [0.15, 0.2) is 42.5 Å². The Kier molecular flexibility index (Phi) is 9.15. The molecule has 0 spiro atoms. The highest BCUT2D eigenvalue weighted by molar-refractivity contribution is 7.58. The number of carbonyl (C=O) groups excluding carboxylic acids is 1. The van der Waals surface area contributed by atoms with E-state index in [9.17, 15) is 9.36 Å². The smallest absolute Gasteiger partial charge is 0.277 e. The van der Waals surface area contributed by atoms with E-state index in [1.807, 2.05) is 67.9 Å². The quantitative estimate of drug-likeness (QED) is 0.387. The molecule has 1 atom stereocenters. The van der Waals surface area contributed by atoms with E-state index in [1.54, 1.807) is 14.2 Å². The Hall–Kier alpha value is -2.34. The second-order valence-electron chi connectivity index (χ2n) is 11.9. The van der Waals surface area contributed by atoms with E-state index in [0.29, 0.717) is 36.8 Å². The van der Waals surface area contributed by atoms with Gasteiger partial charge in [0.05, 0.1) is 26.0 Å². The second kappa shape index (κ2) is 11.6. The molecule has 3 rings (SSSR count). The number of rotatable bonds is 8. The van der Waals surface area contributed by atoms with Gasteiger partial charge in [-0.15, -0.1) is 0 Å². The number of hydrogen-bond donors (Lipinski definition) is 1. The first-order valence-electron chi connectivity index (χ1n) is 12.9. The lowest BCUT2D eigenvalue weighted by molar-refractivity contribution is 0.0919. The Bertz CT molecular complexity index is 1110. The zero-order valence-electron chi connectivity index (χ0n) is 23.6. The van der Waals surface area contributed by atoms with Crippen LogP contribution in [-0.2, 0) is 9.09 Å². The van der Waals surface area contributed by atoms with Crippen molar-refractivity contribution in [3.8, 4) is 22.6 Å². The van der Waals surface area contributed by atoms with Crippen molar-refractivity contribution in [3.63, 3.8) is 0 Å². The molecular weight excluding hydrogens is 487 g/mol. The first kappa shape index (κ1) is 29.2. The molecule has 2 aromatic rings. The summed E-state index contributed by atoms with van der Waals surface area (Å²) in [7, 11) is 0.184. The highest BCUT2D eigenvalue weighted by Gasteiger charge is 2.45. The number of nitrogens with one attached hydrogen (secondary N) is 1. The first-order chi connectivity index (χ1) is 17.3. The van der Waals surface area contributed by atoms with Crippen LogP contribution in [0.25, 0.3) is 11.1 Å². The van der Waals surface area contributed by atoms with E-state index >= 15 is 0 Å². The van der Waals surface area contributed by atoms with Gasteiger partial charge >= 0.3 is 0 Å². The third-order valence-electron chi connectivity index (χ3n) is 6.51. The predicted molar refractivity (Wildman–Crippen MR) is 150 cm³/mol. The third kappa shape index (κ3) is 7.37. The Labute approximate surface area is 222 Å². The SMILES string of the molecule is COc1cc(OC)cc(-c2cccc(C(=O)NC3CCN(P(=O)(OCC(C)(C)C)C(C)(C)C)CC3)c2)c1. The summed E-state index contributed by atoms with van der Waals surface area (Å²) < 4.78 is 33.0. The minimum atomic E-state index is -3.05. The Morgan fingerprint density at radius 3 is 2.05 bits per heavy atom. The molecule has 2 aromatic carbocycles. The fraction of sp³-hybridized carbons (Fsp3) is 0.552. The minimum Gasteiger partial charge on any atom is -0.497 e. The van der Waals surface area contributed by atoms with Gasteiger partial charge in [0.15, 0.2) is 0 Å². The second-order valence-corrected chi connectivity index (χ2v) is 15.1. The lowest BCUT2D eigenvalue weighted by Crippen LogP contribution is -2.45. The lowest BCUT2D eigenvalue weighted by atomic mass is 9.99. The van der Waals surface area contributed by atoms with Gasteiger partial charge in [-0.25, -0.2) is 4.67 Å². The highest BCUT2D eigenvalue weighted by Crippen LogP contribution is 2.62. The van der Waals surface area contributed by atoms with Crippen LogP contribution in [0.5, 0.6) is 11.5 Å². The van der Waals surface area contributed by atoms with Crippen LogP contribution >= 0.6 is 7.52 Å². The molecule has 1 N–H and O–H groups in total. The van der Waals surface area contributed by atoms with Gasteiger partial charge in [0.25, 0.3) is 13.4 Å². The zero-order valence-corrected chi connectivity index (χ0v) is 24.5. The Morgan fingerprint density at radius 1 is 0.946 bits per heavy atom. The molecule has 0 radical (unpaired) electrons. The van der Waals surface area contributed by atoms with Crippen LogP contribution < -0.4 is 14.8 Å². The van der Waals surface area contributed by atoms with Crippen molar-refractivity contribution in [1.29, 1.82) is 0 Å². The standard InChI is InChI=1S/C29H43N2O5P/c1-28(2,3)20-36-37(33,29(4,5)6)31-14-12-24(13-15-31)30-27(32)22-11-9-10-21(16-22)23-17-25(34-7)19-26(18-23)35-8/h9-11,16-19,24H,12-15,20H2,1-8H3,(H,30,32). The van der Waals surface area contributed by atoms with E-state index in [2.05, 4.69) is 26.1 Å². The summed E-state index contributed by atoms with van der Waals surface area (Å²) >= 11 is 0. The number of benzene rings is 2. The number of carbonyl (C=O) groups is 1. The van der Waals surface area contributed by atoms with Gasteiger partial charge in [-0.1, -0.05) is 32.9 Å². The number of hydrogen-bond acceptors (Lipinski definition) is 5. The fourth-order valence-electron chi connectivity index (χ4n) is 4.34. The van der Waals surface area contributed by atoms with Crippen molar-refractivity contribution in [2.45, 2.75) is 65.6 Å². The van der Waals surface area contributed by atoms with E-state index in [-0.39, 0.29) is 17.4 Å². The Morgan fingerprint density at radius 2 is 1.54 bits per heavy atom. The van der Waals surface area contributed by atoms with Crippen molar-refractivity contribution >= 4 is 13.4 Å². The molecule has 7 nitrogen and oxygen atoms in total. The molecule has 1 fully saturated rings. The van der Waals surface area contributed by atoms with Gasteiger partial charge in [0.1, 0.15) is 11.5 Å². The Balaban J connectivity index is 1.67. The first-order valence-corrected chi connectivity index (χ1v) is 14.5. The molecule has 1 heterocycles. The zero-order chi connectivity index (χ0) is 27.4. The average molecular weight is 531 g/mol. The molecule has 0 aliphatic carbocycles. The summed E-state index contributed by atoms with van der Waals surface area (Å²) in [5.41, 5.74) is 2.34. The summed E-state index contributed by atoms with van der Waals surface area (Å²) in [4.78, 5) is 13.1. The molecule has 8 heteroatoms. The lowest BCUT2D eigenvalue weighted by Gasteiger charge is -2.43. The van der Waals surface area contributed by atoms with Crippen molar-refractivity contribution in [2.75, 3.05) is 33.9 Å². The van der Waals surface area contributed by atoms with E-state index in [1.165, 1.54) is 0 Å². The van der Waals surface area contributed by atoms with E-state index in [0.717, 1.165) is 24.0 Å². The van der Waals surface area contributed by atoms with Crippen LogP contribution in [0.2, 0.25) is 0 Å². The molecular formula is C29H43N2O5P. The monoisotopic (exact) mass is 530 g/mol. The third-order valence-corrected chi connectivity index (χ3v) is 9.83. The van der Waals surface area contributed by atoms with Gasteiger partial charge < -0.3 is 19.3 Å². The number of amides is 1. The molecule has 1 amide bonds. The molecule has 1 aliphatic heterocycles. The predicted octanol–water partition coefficient (Wildman–Crippen LogP) is 6.62. The van der Waals surface area contributed by atoms with Crippen molar-refractivity contribution < 1.29 is 23.4 Å². The van der Waals surface area contributed by atoms with Crippen molar-refractivity contribution in [2.24, 2.45) is 5.41 Å². The summed E-state index contributed by atoms with van der Waals surface area (Å²) in [5.74, 6) is 1.27. The van der Waals surface area contributed by atoms with Crippen LogP contribution in [0.1, 0.15) is 64.7 Å². The maximum Gasteiger partial charge on any atom is 0.277 e. The molecule has 0 bridgehead atoms. The van der Waals surface area contributed by atoms with Crippen LogP contribution in [0.4, 0.5) is 0 Å². The maximum atomic E-state index is 14.0. The van der Waals surface area contributed by atoms with Crippen molar-refractivity contribution in [1.82, 2.24) is 9.99 Å². The maximum absolute atomic E-state index is 14.0.